The molecule has 0 spiro atoms. The molecule has 4 N–H and O–H groups in total. The van der Waals surface area contributed by atoms with E-state index in [-0.39, 0.29) is 18.8 Å². The number of nitrogens with two attached hydrogens (primary N) is 1. The van der Waals surface area contributed by atoms with Gasteiger partial charge < -0.3 is 16.2 Å². The predicted octanol–water partition coefficient (Wildman–Crippen LogP) is -0.523. The molecule has 0 saturated carbocycles. The van der Waals surface area contributed by atoms with Crippen LogP contribution >= 0.6 is 0 Å². The summed E-state index contributed by atoms with van der Waals surface area (Å²) in [6.07, 6.45) is -0.402. The van der Waals surface area contributed by atoms with E-state index in [0.717, 1.165) is 0 Å². The summed E-state index contributed by atoms with van der Waals surface area (Å²) < 4.78 is 0. The monoisotopic (exact) mass is 216 g/mol. The Bertz CT molecular complexity index is 263. The average molecular weight is 216 g/mol. The number of carbonyl (C=O) groups excluding carboxylic acids is 2. The average Bonchev–Trinajstić information content (AvgIpc) is 2.09. The third-order valence-corrected chi connectivity index (χ3v) is 1.86. The smallest absolute Gasteiger partial charge is 0.303 e. The van der Waals surface area contributed by atoms with Crippen LogP contribution in [0.2, 0.25) is 0 Å². The van der Waals surface area contributed by atoms with E-state index in [0.29, 0.717) is 0 Å². The molecule has 0 aromatic heterocycles. The molecule has 0 aliphatic carbocycles. The van der Waals surface area contributed by atoms with Crippen molar-refractivity contribution in [1.82, 2.24) is 5.32 Å². The first-order valence-electron chi connectivity index (χ1n) is 4.65. The van der Waals surface area contributed by atoms with Crippen LogP contribution in [0.3, 0.4) is 0 Å². The second kappa shape index (κ2) is 6.00. The van der Waals surface area contributed by atoms with E-state index < -0.39 is 23.8 Å². The van der Waals surface area contributed by atoms with Crippen molar-refractivity contribution in [2.75, 3.05) is 0 Å². The first-order valence-corrected chi connectivity index (χ1v) is 4.65. The van der Waals surface area contributed by atoms with E-state index in [1.807, 2.05) is 0 Å². The number of carbonyl (C=O) groups is 3. The van der Waals surface area contributed by atoms with Crippen LogP contribution in [0, 0.1) is 5.92 Å². The van der Waals surface area contributed by atoms with Gasteiger partial charge >= 0.3 is 5.97 Å². The summed E-state index contributed by atoms with van der Waals surface area (Å²) in [5.74, 6) is -2.26. The van der Waals surface area contributed by atoms with E-state index in [9.17, 15) is 14.4 Å². The van der Waals surface area contributed by atoms with Crippen molar-refractivity contribution in [3.05, 3.63) is 0 Å². The van der Waals surface area contributed by atoms with Crippen LogP contribution in [0.15, 0.2) is 0 Å². The molecule has 0 unspecified atom stereocenters. The second-order valence-corrected chi connectivity index (χ2v) is 3.59. The Morgan fingerprint density at radius 2 is 1.80 bits per heavy atom. The Balaban J connectivity index is 4.12. The van der Waals surface area contributed by atoms with Gasteiger partial charge in [-0.1, -0.05) is 13.8 Å². The van der Waals surface area contributed by atoms with Gasteiger partial charge in [0.05, 0.1) is 6.42 Å². The Morgan fingerprint density at radius 3 is 2.13 bits per heavy atom. The van der Waals surface area contributed by atoms with Gasteiger partial charge in [-0.15, -0.1) is 0 Å². The van der Waals surface area contributed by atoms with Crippen molar-refractivity contribution < 1.29 is 19.5 Å². The summed E-state index contributed by atoms with van der Waals surface area (Å²) >= 11 is 0. The normalized spacial score (nSPS) is 12.2. The van der Waals surface area contributed by atoms with Crippen LogP contribution < -0.4 is 11.1 Å². The van der Waals surface area contributed by atoms with Crippen molar-refractivity contribution in [3.63, 3.8) is 0 Å². The van der Waals surface area contributed by atoms with Gasteiger partial charge in [-0.3, -0.25) is 14.4 Å². The topological polar surface area (TPSA) is 109 Å². The summed E-state index contributed by atoms with van der Waals surface area (Å²) in [5.41, 5.74) is 5.07. The SMILES string of the molecule is CC(C)[C@H](NC(=O)CCC(=O)O)C(N)=O. The van der Waals surface area contributed by atoms with Crippen LogP contribution in [0.1, 0.15) is 26.7 Å². The Labute approximate surface area is 87.8 Å². The lowest BCUT2D eigenvalue weighted by Gasteiger charge is -2.18. The third kappa shape index (κ3) is 5.66. The van der Waals surface area contributed by atoms with Crippen LogP contribution in [-0.4, -0.2) is 28.9 Å². The van der Waals surface area contributed by atoms with Crippen LogP contribution in [0.4, 0.5) is 0 Å². The molecule has 6 nitrogen and oxygen atoms in total. The van der Waals surface area contributed by atoms with Gasteiger partial charge in [-0.05, 0) is 5.92 Å². The van der Waals surface area contributed by atoms with Gasteiger partial charge in [-0.25, -0.2) is 0 Å². The first kappa shape index (κ1) is 13.4. The van der Waals surface area contributed by atoms with E-state index in [2.05, 4.69) is 5.32 Å². The number of hydrogen-bond donors (Lipinski definition) is 3. The minimum absolute atomic E-state index is 0.115. The van der Waals surface area contributed by atoms with Crippen molar-refractivity contribution in [3.8, 4) is 0 Å². The fourth-order valence-electron chi connectivity index (χ4n) is 1.03. The number of carboxylic acids is 1. The molecule has 1 atom stereocenters. The lowest BCUT2D eigenvalue weighted by atomic mass is 10.0. The van der Waals surface area contributed by atoms with Crippen LogP contribution in [-0.2, 0) is 14.4 Å². The van der Waals surface area contributed by atoms with E-state index in [1.54, 1.807) is 13.8 Å². The molecule has 0 aliphatic rings. The van der Waals surface area contributed by atoms with Crippen molar-refractivity contribution in [2.45, 2.75) is 32.7 Å². The Kier molecular flexibility index (Phi) is 5.36. The van der Waals surface area contributed by atoms with Crippen LogP contribution in [0.5, 0.6) is 0 Å². The van der Waals surface area contributed by atoms with Gasteiger partial charge in [0.1, 0.15) is 6.04 Å². The van der Waals surface area contributed by atoms with Gasteiger partial charge in [0, 0.05) is 6.42 Å². The number of carboxylic acid groups (broad SMARTS) is 1. The fraction of sp³-hybridized carbons (Fsp3) is 0.667. The molecular formula is C9H16N2O4. The lowest BCUT2D eigenvalue weighted by molar-refractivity contribution is -0.139. The highest BCUT2D eigenvalue weighted by molar-refractivity contribution is 5.87. The maximum Gasteiger partial charge on any atom is 0.303 e. The quantitative estimate of drug-likeness (QED) is 0.554. The standard InChI is InChI=1S/C9H16N2O4/c1-5(2)8(9(10)15)11-6(12)3-4-7(13)14/h5,8H,3-4H2,1-2H3,(H2,10,15)(H,11,12)(H,13,14)/t8-/m0/s1. The van der Waals surface area contributed by atoms with Crippen molar-refractivity contribution >= 4 is 17.8 Å². The molecule has 0 radical (unpaired) electrons. The molecule has 0 aromatic rings. The second-order valence-electron chi connectivity index (χ2n) is 3.59. The number of primary amides is 1. The molecule has 86 valence electrons. The zero-order chi connectivity index (χ0) is 12.0. The van der Waals surface area contributed by atoms with E-state index in [4.69, 9.17) is 10.8 Å². The summed E-state index contributed by atoms with van der Waals surface area (Å²) in [6.45, 7) is 3.49. The zero-order valence-corrected chi connectivity index (χ0v) is 8.82. The summed E-state index contributed by atoms with van der Waals surface area (Å²) in [5, 5.41) is 10.7. The number of nitrogens with one attached hydrogen (secondary N) is 1. The summed E-state index contributed by atoms with van der Waals surface area (Å²) in [6, 6.07) is -0.744. The summed E-state index contributed by atoms with van der Waals surface area (Å²) in [4.78, 5) is 32.3. The molecule has 0 aliphatic heterocycles. The number of hydrogen-bond acceptors (Lipinski definition) is 3. The number of aliphatic carboxylic acids is 1. The summed E-state index contributed by atoms with van der Waals surface area (Å²) in [7, 11) is 0. The molecule has 6 heteroatoms. The zero-order valence-electron chi connectivity index (χ0n) is 8.82. The van der Waals surface area contributed by atoms with E-state index in [1.165, 1.54) is 0 Å². The third-order valence-electron chi connectivity index (χ3n) is 1.86. The highest BCUT2D eigenvalue weighted by Gasteiger charge is 2.21. The van der Waals surface area contributed by atoms with Gasteiger partial charge in [-0.2, -0.15) is 0 Å². The highest BCUT2D eigenvalue weighted by Crippen LogP contribution is 2.01. The molecule has 2 amide bonds. The predicted molar refractivity (Wildman–Crippen MR) is 52.8 cm³/mol. The maximum absolute atomic E-state index is 11.2. The number of amides is 2. The van der Waals surface area contributed by atoms with Gasteiger partial charge in [0.15, 0.2) is 0 Å². The van der Waals surface area contributed by atoms with Crippen LogP contribution in [0.25, 0.3) is 0 Å². The maximum atomic E-state index is 11.2. The largest absolute Gasteiger partial charge is 0.481 e. The number of rotatable bonds is 6. The Hall–Kier alpha value is -1.59. The van der Waals surface area contributed by atoms with E-state index >= 15 is 0 Å². The minimum atomic E-state index is -1.05. The molecular weight excluding hydrogens is 200 g/mol. The molecule has 0 heterocycles. The molecule has 0 bridgehead atoms. The Morgan fingerprint density at radius 1 is 1.27 bits per heavy atom. The van der Waals surface area contributed by atoms with Gasteiger partial charge in [0.25, 0.3) is 0 Å². The van der Waals surface area contributed by atoms with Crippen molar-refractivity contribution in [1.29, 1.82) is 0 Å². The molecule has 0 aromatic carbocycles. The highest BCUT2D eigenvalue weighted by atomic mass is 16.4. The first-order chi connectivity index (χ1) is 6.84. The molecule has 0 rings (SSSR count). The molecule has 15 heavy (non-hydrogen) atoms. The lowest BCUT2D eigenvalue weighted by Crippen LogP contribution is -2.47. The molecule has 0 fully saturated rings. The fourth-order valence-corrected chi connectivity index (χ4v) is 1.03. The minimum Gasteiger partial charge on any atom is -0.481 e. The van der Waals surface area contributed by atoms with Gasteiger partial charge in [0.2, 0.25) is 11.8 Å². The molecule has 0 saturated heterocycles. The van der Waals surface area contributed by atoms with Crippen molar-refractivity contribution in [2.24, 2.45) is 11.7 Å².